The third-order valence-electron chi connectivity index (χ3n) is 19.2. The van der Waals surface area contributed by atoms with Gasteiger partial charge in [-0.1, -0.05) is 60.3 Å². The fourth-order valence-corrected chi connectivity index (χ4v) is 14.0. The van der Waals surface area contributed by atoms with Gasteiger partial charge in [-0.15, -0.1) is 6.42 Å². The summed E-state index contributed by atoms with van der Waals surface area (Å²) in [6, 6.07) is 39.0. The van der Waals surface area contributed by atoms with E-state index >= 15 is 0 Å². The van der Waals surface area contributed by atoms with Crippen LogP contribution in [0.15, 0.2) is 195 Å². The van der Waals surface area contributed by atoms with Gasteiger partial charge in [0.05, 0.1) is 59.8 Å². The van der Waals surface area contributed by atoms with E-state index < -0.39 is 33.8 Å². The average molecular weight is 1460 g/mol. The number of piperidine rings is 2. The molecular formula is C82H81ClN4O19. The smallest absolute Gasteiger partial charge is 0.344 e. The highest BCUT2D eigenvalue weighted by molar-refractivity contribution is 6.31. The number of rotatable bonds is 24. The molecule has 24 heteroatoms. The number of nitrogens with zero attached hydrogens (tertiary/aromatic N) is 4. The second-order valence-corrected chi connectivity index (χ2v) is 26.4. The Morgan fingerprint density at radius 3 is 1.38 bits per heavy atom. The number of hydrogen-bond acceptors (Lipinski definition) is 23. The Labute approximate surface area is 612 Å². The summed E-state index contributed by atoms with van der Waals surface area (Å²) < 4.78 is 60.1. The Morgan fingerprint density at radius 2 is 0.896 bits per heavy atom. The van der Waals surface area contributed by atoms with Crippen LogP contribution in [0.25, 0.3) is 99.2 Å². The second kappa shape index (κ2) is 35.1. The number of halogens is 1. The molecule has 2 N–H and O–H groups in total. The Morgan fingerprint density at radius 1 is 0.472 bits per heavy atom. The molecule has 2 saturated heterocycles. The molecular weight excluding hydrogens is 1380 g/mol. The molecule has 550 valence electrons. The molecule has 0 unspecified atom stereocenters. The molecule has 6 aromatic carbocycles. The van der Waals surface area contributed by atoms with Crippen molar-refractivity contribution in [3.05, 3.63) is 224 Å². The van der Waals surface area contributed by atoms with Crippen LogP contribution in [-0.4, -0.2) is 150 Å². The van der Waals surface area contributed by atoms with E-state index in [1.807, 2.05) is 35.2 Å². The van der Waals surface area contributed by atoms with Gasteiger partial charge in [-0.25, -0.2) is 28.8 Å². The number of hydrogen-bond donors (Lipinski definition) is 2. The van der Waals surface area contributed by atoms with Gasteiger partial charge in [0.1, 0.15) is 57.4 Å². The molecule has 0 aliphatic carbocycles. The molecule has 0 saturated carbocycles. The number of para-hydroxylation sites is 2. The summed E-state index contributed by atoms with van der Waals surface area (Å²) in [7, 11) is 6.48. The molecule has 2 aliphatic heterocycles. The first-order chi connectivity index (χ1) is 51.5. The van der Waals surface area contributed by atoms with Gasteiger partial charge in [-0.3, -0.25) is 14.7 Å². The molecule has 6 aromatic heterocycles. The predicted molar refractivity (Wildman–Crippen MR) is 406 cm³/mol. The third-order valence-corrected chi connectivity index (χ3v) is 19.4. The molecule has 8 heterocycles. The monoisotopic (exact) mass is 1460 g/mol. The van der Waals surface area contributed by atoms with Crippen LogP contribution in [0, 0.1) is 12.3 Å². The van der Waals surface area contributed by atoms with E-state index in [0.29, 0.717) is 171 Å². The molecule has 14 rings (SSSR count). The van der Waals surface area contributed by atoms with Crippen LogP contribution >= 0.6 is 11.6 Å². The van der Waals surface area contributed by atoms with Gasteiger partial charge in [0.15, 0.2) is 0 Å². The lowest BCUT2D eigenvalue weighted by Crippen LogP contribution is -2.46. The minimum absolute atomic E-state index is 0.0232. The fourth-order valence-electron chi connectivity index (χ4n) is 13.8. The highest BCUT2D eigenvalue weighted by Crippen LogP contribution is 2.39. The molecule has 0 spiro atoms. The summed E-state index contributed by atoms with van der Waals surface area (Å²) in [4.78, 5) is 85.6. The van der Waals surface area contributed by atoms with Crippen molar-refractivity contribution in [3.8, 4) is 63.0 Å². The molecule has 0 radical (unpaired) electrons. The number of benzene rings is 6. The lowest BCUT2D eigenvalue weighted by atomic mass is 9.98. The van der Waals surface area contributed by atoms with E-state index in [1.165, 1.54) is 56.6 Å². The zero-order chi connectivity index (χ0) is 74.4. The first-order valence-corrected chi connectivity index (χ1v) is 35.3. The van der Waals surface area contributed by atoms with E-state index in [9.17, 15) is 39.0 Å². The van der Waals surface area contributed by atoms with E-state index in [4.69, 9.17) is 68.2 Å². The first-order valence-electron chi connectivity index (χ1n) is 34.9. The quantitative estimate of drug-likeness (QED) is 0.0420. The Balaban J connectivity index is 0.000000149. The van der Waals surface area contributed by atoms with Gasteiger partial charge in [-0.05, 0) is 137 Å². The van der Waals surface area contributed by atoms with Crippen molar-refractivity contribution < 1.29 is 60.4 Å². The van der Waals surface area contributed by atoms with Gasteiger partial charge in [0, 0.05) is 153 Å². The van der Waals surface area contributed by atoms with E-state index in [0.717, 1.165) is 36.7 Å². The summed E-state index contributed by atoms with van der Waals surface area (Å²) in [5, 5.41) is 25.7. The maximum absolute atomic E-state index is 12.9. The first kappa shape index (κ1) is 75.2. The molecule has 0 amide bonds. The van der Waals surface area contributed by atoms with Crippen molar-refractivity contribution in [2.24, 2.45) is 0 Å². The summed E-state index contributed by atoms with van der Waals surface area (Å²) >= 11 is 6.10. The summed E-state index contributed by atoms with van der Waals surface area (Å²) in [6.45, 7) is 9.78. The second-order valence-electron chi connectivity index (χ2n) is 26.0. The van der Waals surface area contributed by atoms with Crippen molar-refractivity contribution in [2.75, 3.05) is 114 Å². The summed E-state index contributed by atoms with van der Waals surface area (Å²) in [5.74, 6) is 3.02. The Kier molecular flexibility index (Phi) is 24.9. The Bertz CT molecular complexity index is 5550. The number of terminal acetylenes is 1. The standard InChI is InChI=1S/C29H30N2O5.C28H27NO7.C25H24ClNO7/c32-25-9-8-21-22(23-16-19-6-2-3-7-26(19)35-29(23)34)17-27(33)36-28(21)24(25)18-30-14-10-20(11-15-30)31-12-4-1-5-13-31;1-4-13-34-25-10-9-20-21(22-16-19-7-5-6-8-24(19)35-28(22)31)17-26(30)36-27(20)23(25)18-29(11-14-32-2)12-15-33-3;1-31-9-7-27(8-10-32-2)14-20-21(28)5-4-17-18(13-23(29)34-24(17)20)19-12-15-11-16(26)3-6-22(15)33-25(19)30/h2-3,6-9,16-17,20,32H,1,4-5,10-15,18H2;1,5-10,16-17H,11-15,18H2,2-3H3;3-6,11-13,28H,7-10,14H2,1-2H3. The van der Waals surface area contributed by atoms with Crippen LogP contribution in [0.2, 0.25) is 5.02 Å². The number of likely N-dealkylation sites (tertiary alicyclic amines) is 2. The largest absolute Gasteiger partial charge is 0.507 e. The molecule has 0 atom stereocenters. The predicted octanol–water partition coefficient (Wildman–Crippen LogP) is 12.4. The molecule has 12 aromatic rings. The molecule has 2 aliphatic rings. The van der Waals surface area contributed by atoms with Crippen molar-refractivity contribution in [1.82, 2.24) is 19.6 Å². The number of fused-ring (bicyclic) bond motifs is 6. The molecule has 2 fully saturated rings. The zero-order valence-electron chi connectivity index (χ0n) is 59.3. The Hall–Kier alpha value is -10.5. The minimum atomic E-state index is -0.653. The molecule has 106 heavy (non-hydrogen) atoms. The average Bonchev–Trinajstić information content (AvgIpc) is 0.768. The highest BCUT2D eigenvalue weighted by atomic mass is 35.5. The highest BCUT2D eigenvalue weighted by Gasteiger charge is 2.29. The fraction of sp³-hybridized carbons (Fsp3) is 0.317. The number of aromatic hydroxyl groups is 2. The van der Waals surface area contributed by atoms with Crippen LogP contribution in [0.3, 0.4) is 0 Å². The van der Waals surface area contributed by atoms with Crippen molar-refractivity contribution in [2.45, 2.75) is 57.8 Å². The summed E-state index contributed by atoms with van der Waals surface area (Å²) in [6.07, 6.45) is 11.5. The van der Waals surface area contributed by atoms with Gasteiger partial charge < -0.3 is 65.3 Å². The van der Waals surface area contributed by atoms with Gasteiger partial charge in [-0.2, -0.15) is 0 Å². The number of ether oxygens (including phenoxy) is 5. The normalized spacial score (nSPS) is 13.8. The molecule has 23 nitrogen and oxygen atoms in total. The maximum Gasteiger partial charge on any atom is 0.344 e. The van der Waals surface area contributed by atoms with E-state index in [1.54, 1.807) is 113 Å². The van der Waals surface area contributed by atoms with Crippen LogP contribution in [0.4, 0.5) is 0 Å². The number of phenols is 2. The van der Waals surface area contributed by atoms with Gasteiger partial charge in [0.25, 0.3) is 0 Å². The SMILES string of the molecule is C#CCOc1ccc2c(-c3cc4ccccc4oc3=O)cc(=O)oc2c1CN(CCOC)CCOC.COCCN(CCOC)Cc1c(O)ccc2c(-c3cc4cc(Cl)ccc4oc3=O)cc(=O)oc12.O=c1cc(-c2cc3ccccc3oc2=O)c2ccc(O)c(CN3CCC(N4CCCCC4)CC3)c2o1. The topological polar surface area (TPSA) is 281 Å². The van der Waals surface area contributed by atoms with Crippen molar-refractivity contribution in [1.29, 1.82) is 0 Å². The number of methoxy groups -OCH3 is 4. The van der Waals surface area contributed by atoms with Crippen molar-refractivity contribution in [3.63, 3.8) is 0 Å². The molecule has 0 bridgehead atoms. The lowest BCUT2D eigenvalue weighted by molar-refractivity contribution is 0.0894. The van der Waals surface area contributed by atoms with E-state index in [-0.39, 0.29) is 41.4 Å². The minimum Gasteiger partial charge on any atom is -0.507 e. The van der Waals surface area contributed by atoms with Crippen LogP contribution < -0.4 is 38.5 Å². The lowest BCUT2D eigenvalue weighted by Gasteiger charge is -2.40. The number of phenolic OH excluding ortho intramolecular Hbond substituents is 2. The van der Waals surface area contributed by atoms with Crippen LogP contribution in [-0.2, 0) is 38.6 Å². The zero-order valence-corrected chi connectivity index (χ0v) is 60.0. The van der Waals surface area contributed by atoms with Gasteiger partial charge in [0.2, 0.25) is 0 Å². The van der Waals surface area contributed by atoms with Crippen LogP contribution in [0.5, 0.6) is 17.2 Å². The van der Waals surface area contributed by atoms with Crippen molar-refractivity contribution >= 4 is 77.4 Å². The van der Waals surface area contributed by atoms with E-state index in [2.05, 4.69) is 20.6 Å². The van der Waals surface area contributed by atoms with Crippen LogP contribution in [0.1, 0.15) is 48.8 Å². The summed E-state index contributed by atoms with van der Waals surface area (Å²) in [5.41, 5.74) is 2.33. The van der Waals surface area contributed by atoms with Gasteiger partial charge >= 0.3 is 33.8 Å². The third kappa shape index (κ3) is 17.6. The maximum atomic E-state index is 12.9.